The van der Waals surface area contributed by atoms with Crippen LogP contribution in [0.25, 0.3) is 11.1 Å². The molecule has 0 bridgehead atoms. The van der Waals surface area contributed by atoms with E-state index in [4.69, 9.17) is 4.74 Å². The summed E-state index contributed by atoms with van der Waals surface area (Å²) in [5.74, 6) is 0. The molecule has 0 aromatic heterocycles. The van der Waals surface area contributed by atoms with Gasteiger partial charge in [0, 0.05) is 20.2 Å². The van der Waals surface area contributed by atoms with Crippen LogP contribution in [0.4, 0.5) is 4.79 Å². The predicted molar refractivity (Wildman–Crippen MR) is 94.7 cm³/mol. The average Bonchev–Trinajstić information content (AvgIpc) is 2.59. The van der Waals surface area contributed by atoms with E-state index in [0.29, 0.717) is 6.54 Å². The van der Waals surface area contributed by atoms with Gasteiger partial charge in [-0.15, -0.1) is 0 Å². The number of methoxy groups -OCH3 is 1. The number of aliphatic hydroxyl groups excluding tert-OH is 1. The molecule has 0 aliphatic heterocycles. The van der Waals surface area contributed by atoms with Crippen molar-refractivity contribution in [1.82, 2.24) is 10.6 Å². The Bertz CT molecular complexity index is 673. The number of ether oxygens (including phenoxy) is 1. The van der Waals surface area contributed by atoms with Crippen LogP contribution in [0.2, 0.25) is 0 Å². The highest BCUT2D eigenvalue weighted by Crippen LogP contribution is 2.21. The normalized spacial score (nSPS) is 11.8. The van der Waals surface area contributed by atoms with Crippen LogP contribution in [0.15, 0.2) is 48.5 Å². The number of aryl methyl sites for hydroxylation is 1. The third-order valence-electron chi connectivity index (χ3n) is 3.59. The van der Waals surface area contributed by atoms with Crippen molar-refractivity contribution in [3.63, 3.8) is 0 Å². The van der Waals surface area contributed by atoms with Crippen molar-refractivity contribution in [2.24, 2.45) is 0 Å². The molecule has 5 nitrogen and oxygen atoms in total. The summed E-state index contributed by atoms with van der Waals surface area (Å²) in [5.41, 5.74) is 4.50. The number of carbonyl (C=O) groups excluding carboxylic acids is 1. The second kappa shape index (κ2) is 9.05. The molecule has 2 aromatic rings. The Balaban J connectivity index is 1.89. The quantitative estimate of drug-likeness (QED) is 0.731. The van der Waals surface area contributed by atoms with E-state index < -0.39 is 6.10 Å². The number of benzene rings is 2. The lowest BCUT2D eigenvalue weighted by molar-refractivity contribution is 0.0660. The lowest BCUT2D eigenvalue weighted by Gasteiger charge is -2.12. The maximum Gasteiger partial charge on any atom is 0.315 e. The number of urea groups is 1. The molecule has 2 aromatic carbocycles. The van der Waals surface area contributed by atoms with Crippen molar-refractivity contribution in [3.05, 3.63) is 59.7 Å². The second-order valence-corrected chi connectivity index (χ2v) is 5.74. The number of aliphatic hydroxyl groups is 1. The third kappa shape index (κ3) is 5.68. The first-order chi connectivity index (χ1) is 11.6. The van der Waals surface area contributed by atoms with Crippen LogP contribution in [0.5, 0.6) is 0 Å². The van der Waals surface area contributed by atoms with Crippen molar-refractivity contribution in [2.45, 2.75) is 19.6 Å². The number of rotatable bonds is 7. The van der Waals surface area contributed by atoms with Gasteiger partial charge in [0.25, 0.3) is 0 Å². The zero-order valence-corrected chi connectivity index (χ0v) is 14.1. The molecule has 24 heavy (non-hydrogen) atoms. The molecule has 0 saturated carbocycles. The topological polar surface area (TPSA) is 70.6 Å². The molecule has 0 radical (unpaired) electrons. The molecule has 0 spiro atoms. The fourth-order valence-corrected chi connectivity index (χ4v) is 2.39. The summed E-state index contributed by atoms with van der Waals surface area (Å²) >= 11 is 0. The van der Waals surface area contributed by atoms with E-state index in [9.17, 15) is 9.90 Å². The monoisotopic (exact) mass is 328 g/mol. The van der Waals surface area contributed by atoms with Crippen molar-refractivity contribution in [1.29, 1.82) is 0 Å². The molecular formula is C19H24N2O3. The lowest BCUT2D eigenvalue weighted by atomic mass is 10.0. The number of hydrogen-bond acceptors (Lipinski definition) is 3. The molecule has 0 saturated heterocycles. The summed E-state index contributed by atoms with van der Waals surface area (Å²) in [4.78, 5) is 11.8. The molecular weight excluding hydrogens is 304 g/mol. The van der Waals surface area contributed by atoms with Crippen molar-refractivity contribution >= 4 is 6.03 Å². The van der Waals surface area contributed by atoms with Crippen LogP contribution in [-0.2, 0) is 11.3 Å². The number of amides is 2. The molecule has 2 amide bonds. The summed E-state index contributed by atoms with van der Waals surface area (Å²) in [6, 6.07) is 16.1. The fraction of sp³-hybridized carbons (Fsp3) is 0.316. The van der Waals surface area contributed by atoms with E-state index in [1.807, 2.05) is 18.2 Å². The second-order valence-electron chi connectivity index (χ2n) is 5.74. The SMILES string of the molecule is COCC(O)CNC(=O)NCc1cccc(-c2cccc(C)c2)c1. The van der Waals surface area contributed by atoms with Gasteiger partial charge >= 0.3 is 6.03 Å². The van der Waals surface area contributed by atoms with Crippen LogP contribution in [0, 0.1) is 6.92 Å². The molecule has 0 heterocycles. The van der Waals surface area contributed by atoms with E-state index in [1.54, 1.807) is 0 Å². The van der Waals surface area contributed by atoms with Gasteiger partial charge in [-0.05, 0) is 29.7 Å². The van der Waals surface area contributed by atoms with Crippen LogP contribution < -0.4 is 10.6 Å². The third-order valence-corrected chi connectivity index (χ3v) is 3.59. The van der Waals surface area contributed by atoms with E-state index >= 15 is 0 Å². The van der Waals surface area contributed by atoms with E-state index in [0.717, 1.165) is 16.7 Å². The van der Waals surface area contributed by atoms with Gasteiger partial charge in [-0.3, -0.25) is 0 Å². The van der Waals surface area contributed by atoms with Crippen LogP contribution in [0.3, 0.4) is 0 Å². The summed E-state index contributed by atoms with van der Waals surface area (Å²) in [5, 5.41) is 14.9. The van der Waals surface area contributed by atoms with Crippen molar-refractivity contribution < 1.29 is 14.6 Å². The van der Waals surface area contributed by atoms with Crippen LogP contribution >= 0.6 is 0 Å². The molecule has 128 valence electrons. The highest BCUT2D eigenvalue weighted by molar-refractivity contribution is 5.74. The summed E-state index contributed by atoms with van der Waals surface area (Å²) in [6.07, 6.45) is -0.703. The Morgan fingerprint density at radius 3 is 2.54 bits per heavy atom. The van der Waals surface area contributed by atoms with Gasteiger partial charge in [0.2, 0.25) is 0 Å². The Morgan fingerprint density at radius 2 is 1.83 bits per heavy atom. The average molecular weight is 328 g/mol. The smallest absolute Gasteiger partial charge is 0.315 e. The number of hydrogen-bond donors (Lipinski definition) is 3. The fourth-order valence-electron chi connectivity index (χ4n) is 2.39. The molecule has 0 aliphatic rings. The van der Waals surface area contributed by atoms with E-state index in [-0.39, 0.29) is 19.2 Å². The van der Waals surface area contributed by atoms with Gasteiger partial charge in [-0.1, -0.05) is 48.0 Å². The first-order valence-electron chi connectivity index (χ1n) is 7.93. The molecule has 5 heteroatoms. The highest BCUT2D eigenvalue weighted by atomic mass is 16.5. The van der Waals surface area contributed by atoms with E-state index in [2.05, 4.69) is 47.9 Å². The molecule has 3 N–H and O–H groups in total. The molecule has 1 unspecified atom stereocenters. The van der Waals surface area contributed by atoms with Crippen LogP contribution in [0.1, 0.15) is 11.1 Å². The van der Waals surface area contributed by atoms with E-state index in [1.165, 1.54) is 12.7 Å². The maximum absolute atomic E-state index is 11.8. The van der Waals surface area contributed by atoms with Gasteiger partial charge in [0.1, 0.15) is 0 Å². The predicted octanol–water partition coefficient (Wildman–Crippen LogP) is 2.47. The molecule has 1 atom stereocenters. The largest absolute Gasteiger partial charge is 0.389 e. The first-order valence-corrected chi connectivity index (χ1v) is 7.93. The Morgan fingerprint density at radius 1 is 1.12 bits per heavy atom. The van der Waals surface area contributed by atoms with Crippen LogP contribution in [-0.4, -0.2) is 37.5 Å². The van der Waals surface area contributed by atoms with Gasteiger partial charge in [0.15, 0.2) is 0 Å². The minimum absolute atomic E-state index is 0.156. The Kier molecular flexibility index (Phi) is 6.78. The minimum atomic E-state index is -0.703. The number of nitrogens with one attached hydrogen (secondary N) is 2. The molecule has 0 fully saturated rings. The summed E-state index contributed by atoms with van der Waals surface area (Å²) in [6.45, 7) is 2.84. The van der Waals surface area contributed by atoms with Gasteiger partial charge in [0.05, 0.1) is 12.7 Å². The standard InChI is InChI=1S/C19H24N2O3/c1-14-5-3-7-16(9-14)17-8-4-6-15(10-17)11-20-19(23)21-12-18(22)13-24-2/h3-10,18,22H,11-13H2,1-2H3,(H2,20,21,23). The van der Waals surface area contributed by atoms with Gasteiger partial charge < -0.3 is 20.5 Å². The zero-order valence-electron chi connectivity index (χ0n) is 14.1. The molecule has 0 aliphatic carbocycles. The lowest BCUT2D eigenvalue weighted by Crippen LogP contribution is -2.40. The summed E-state index contributed by atoms with van der Waals surface area (Å²) in [7, 11) is 1.50. The zero-order chi connectivity index (χ0) is 17.4. The van der Waals surface area contributed by atoms with Gasteiger partial charge in [-0.2, -0.15) is 0 Å². The van der Waals surface area contributed by atoms with Crippen molar-refractivity contribution in [2.75, 3.05) is 20.3 Å². The Labute approximate surface area is 142 Å². The molecule has 2 rings (SSSR count). The van der Waals surface area contributed by atoms with Gasteiger partial charge in [-0.25, -0.2) is 4.79 Å². The number of carbonyl (C=O) groups is 1. The Hall–Kier alpha value is -2.37. The highest BCUT2D eigenvalue weighted by Gasteiger charge is 2.06. The maximum atomic E-state index is 11.8. The first kappa shape index (κ1) is 18.0. The summed E-state index contributed by atoms with van der Waals surface area (Å²) < 4.78 is 4.81. The minimum Gasteiger partial charge on any atom is -0.389 e. The van der Waals surface area contributed by atoms with Crippen molar-refractivity contribution in [3.8, 4) is 11.1 Å².